The molecule has 0 bridgehead atoms. The minimum atomic E-state index is -0.0386. The molecule has 0 aromatic heterocycles. The van der Waals surface area contributed by atoms with Gasteiger partial charge in [-0.25, -0.2) is 0 Å². The molecule has 0 saturated carbocycles. The highest BCUT2D eigenvalue weighted by molar-refractivity contribution is 7.99. The minimum Gasteiger partial charge on any atom is -0.353 e. The maximum atomic E-state index is 6.15. The van der Waals surface area contributed by atoms with Crippen LogP contribution in [0.1, 0.15) is 30.9 Å². The minimum absolute atomic E-state index is 0.0386. The number of rotatable bonds is 7. The first-order valence-electron chi connectivity index (χ1n) is 6.91. The van der Waals surface area contributed by atoms with Crippen LogP contribution >= 0.6 is 11.8 Å². The van der Waals surface area contributed by atoms with Crippen LogP contribution in [0.4, 0.5) is 0 Å². The quantitative estimate of drug-likeness (QED) is 0.550. The summed E-state index contributed by atoms with van der Waals surface area (Å²) in [6.07, 6.45) is 5.37. The Kier molecular flexibility index (Phi) is 6.48. The molecule has 1 heterocycles. The van der Waals surface area contributed by atoms with E-state index >= 15 is 0 Å². The van der Waals surface area contributed by atoms with Crippen molar-refractivity contribution in [3.05, 3.63) is 48.6 Å². The van der Waals surface area contributed by atoms with Crippen molar-refractivity contribution in [3.63, 3.8) is 0 Å². The van der Waals surface area contributed by atoms with Crippen molar-refractivity contribution in [3.8, 4) is 0 Å². The number of ether oxygens (including phenoxy) is 2. The molecule has 1 fully saturated rings. The molecule has 104 valence electrons. The van der Waals surface area contributed by atoms with E-state index in [0.29, 0.717) is 0 Å². The van der Waals surface area contributed by atoms with Crippen LogP contribution in [0, 0.1) is 0 Å². The monoisotopic (exact) mass is 278 g/mol. The molecule has 2 unspecified atom stereocenters. The van der Waals surface area contributed by atoms with E-state index in [9.17, 15) is 0 Å². The third-order valence-corrected chi connectivity index (χ3v) is 4.14. The summed E-state index contributed by atoms with van der Waals surface area (Å²) >= 11 is 1.85. The third kappa shape index (κ3) is 5.01. The molecule has 0 spiro atoms. The molecule has 19 heavy (non-hydrogen) atoms. The third-order valence-electron chi connectivity index (χ3n) is 3.13. The summed E-state index contributed by atoms with van der Waals surface area (Å²) in [6.45, 7) is 4.58. The average molecular weight is 278 g/mol. The number of benzene rings is 1. The Hall–Kier alpha value is -0.770. The predicted molar refractivity (Wildman–Crippen MR) is 81.4 cm³/mol. The van der Waals surface area contributed by atoms with Crippen LogP contribution < -0.4 is 0 Å². The van der Waals surface area contributed by atoms with Crippen molar-refractivity contribution in [2.75, 3.05) is 18.1 Å². The molecule has 3 heteroatoms. The maximum absolute atomic E-state index is 6.15. The van der Waals surface area contributed by atoms with Gasteiger partial charge in [0.2, 0.25) is 0 Å². The Bertz CT molecular complexity index is 360. The molecule has 2 atom stereocenters. The fourth-order valence-electron chi connectivity index (χ4n) is 2.14. The van der Waals surface area contributed by atoms with Crippen LogP contribution in [-0.2, 0) is 9.47 Å². The highest BCUT2D eigenvalue weighted by atomic mass is 32.2. The first-order valence-corrected chi connectivity index (χ1v) is 8.06. The Labute approximate surface area is 120 Å². The molecule has 1 aromatic rings. The summed E-state index contributed by atoms with van der Waals surface area (Å²) in [5.41, 5.74) is 1.23. The summed E-state index contributed by atoms with van der Waals surface area (Å²) < 4.78 is 11.8. The molecule has 0 radical (unpaired) electrons. The summed E-state index contributed by atoms with van der Waals surface area (Å²) in [7, 11) is 0. The fraction of sp³-hybridized carbons (Fsp3) is 0.500. The van der Waals surface area contributed by atoms with Gasteiger partial charge in [-0.3, -0.25) is 0 Å². The van der Waals surface area contributed by atoms with Crippen LogP contribution in [-0.4, -0.2) is 24.4 Å². The van der Waals surface area contributed by atoms with Crippen molar-refractivity contribution < 1.29 is 9.47 Å². The molecule has 0 amide bonds. The second kappa shape index (κ2) is 8.41. The summed E-state index contributed by atoms with van der Waals surface area (Å²) in [5, 5.41) is 0. The number of hydrogen-bond acceptors (Lipinski definition) is 3. The largest absolute Gasteiger partial charge is 0.353 e. The van der Waals surface area contributed by atoms with Gasteiger partial charge in [0.05, 0.1) is 6.10 Å². The SMILES string of the molecule is C=CCSCC(OC1CCCCO1)c1ccccc1. The van der Waals surface area contributed by atoms with Gasteiger partial charge in [-0.15, -0.1) is 6.58 Å². The van der Waals surface area contributed by atoms with Gasteiger partial charge in [0.25, 0.3) is 0 Å². The topological polar surface area (TPSA) is 18.5 Å². The van der Waals surface area contributed by atoms with Gasteiger partial charge in [-0.1, -0.05) is 36.4 Å². The lowest BCUT2D eigenvalue weighted by atomic mass is 10.1. The molecule has 1 saturated heterocycles. The van der Waals surface area contributed by atoms with Gasteiger partial charge in [-0.2, -0.15) is 11.8 Å². The van der Waals surface area contributed by atoms with Crippen LogP contribution in [0.2, 0.25) is 0 Å². The zero-order valence-corrected chi connectivity index (χ0v) is 12.1. The summed E-state index contributed by atoms with van der Waals surface area (Å²) in [5.74, 6) is 1.90. The first-order chi connectivity index (χ1) is 9.40. The zero-order valence-electron chi connectivity index (χ0n) is 11.3. The second-order valence-corrected chi connectivity index (χ2v) is 5.73. The maximum Gasteiger partial charge on any atom is 0.158 e. The van der Waals surface area contributed by atoms with Gasteiger partial charge < -0.3 is 9.47 Å². The smallest absolute Gasteiger partial charge is 0.158 e. The predicted octanol–water partition coefficient (Wildman–Crippen LogP) is 4.19. The molecule has 2 nitrogen and oxygen atoms in total. The lowest BCUT2D eigenvalue weighted by Gasteiger charge is -2.28. The fourth-order valence-corrected chi connectivity index (χ4v) is 2.93. The Morgan fingerprint density at radius 2 is 2.21 bits per heavy atom. The van der Waals surface area contributed by atoms with E-state index in [1.54, 1.807) is 0 Å². The molecule has 1 aliphatic rings. The van der Waals surface area contributed by atoms with Crippen LogP contribution in [0.15, 0.2) is 43.0 Å². The number of hydrogen-bond donors (Lipinski definition) is 0. The van der Waals surface area contributed by atoms with Crippen molar-refractivity contribution in [2.24, 2.45) is 0 Å². The molecule has 1 aromatic carbocycles. The van der Waals surface area contributed by atoms with Crippen molar-refractivity contribution in [2.45, 2.75) is 31.7 Å². The van der Waals surface area contributed by atoms with Crippen molar-refractivity contribution in [1.82, 2.24) is 0 Å². The Morgan fingerprint density at radius 3 is 2.89 bits per heavy atom. The van der Waals surface area contributed by atoms with E-state index in [-0.39, 0.29) is 12.4 Å². The highest BCUT2D eigenvalue weighted by Crippen LogP contribution is 2.27. The van der Waals surface area contributed by atoms with Crippen LogP contribution in [0.25, 0.3) is 0 Å². The zero-order chi connectivity index (χ0) is 13.3. The first kappa shape index (κ1) is 14.6. The molecule has 0 aliphatic carbocycles. The normalized spacial score (nSPS) is 20.9. The van der Waals surface area contributed by atoms with Gasteiger partial charge in [0.1, 0.15) is 0 Å². The van der Waals surface area contributed by atoms with Crippen molar-refractivity contribution in [1.29, 1.82) is 0 Å². The van der Waals surface area contributed by atoms with Gasteiger partial charge in [-0.05, 0) is 24.8 Å². The van der Waals surface area contributed by atoms with Crippen LogP contribution in [0.3, 0.4) is 0 Å². The molecular weight excluding hydrogens is 256 g/mol. The van der Waals surface area contributed by atoms with E-state index in [4.69, 9.17) is 9.47 Å². The molecular formula is C16H22O2S. The van der Waals surface area contributed by atoms with Gasteiger partial charge in [0, 0.05) is 18.1 Å². The standard InChI is InChI=1S/C16H22O2S/c1-2-12-19-13-15(14-8-4-3-5-9-14)18-16-10-6-7-11-17-16/h2-5,8-9,15-16H,1,6-7,10-13H2. The Balaban J connectivity index is 1.94. The lowest BCUT2D eigenvalue weighted by Crippen LogP contribution is -2.25. The highest BCUT2D eigenvalue weighted by Gasteiger charge is 2.20. The van der Waals surface area contributed by atoms with E-state index < -0.39 is 0 Å². The Morgan fingerprint density at radius 1 is 1.37 bits per heavy atom. The lowest BCUT2D eigenvalue weighted by molar-refractivity contribution is -0.185. The van der Waals surface area contributed by atoms with Gasteiger partial charge in [0.15, 0.2) is 6.29 Å². The molecule has 2 rings (SSSR count). The average Bonchev–Trinajstić information content (AvgIpc) is 2.48. The van der Waals surface area contributed by atoms with E-state index in [1.165, 1.54) is 12.0 Å². The summed E-state index contributed by atoms with van der Waals surface area (Å²) in [4.78, 5) is 0. The van der Waals surface area contributed by atoms with Crippen LogP contribution in [0.5, 0.6) is 0 Å². The van der Waals surface area contributed by atoms with E-state index in [1.807, 2.05) is 23.9 Å². The second-order valence-electron chi connectivity index (χ2n) is 4.66. The summed E-state index contributed by atoms with van der Waals surface area (Å²) in [6, 6.07) is 10.4. The van der Waals surface area contributed by atoms with Crippen molar-refractivity contribution >= 4 is 11.8 Å². The van der Waals surface area contributed by atoms with Gasteiger partial charge >= 0.3 is 0 Å². The molecule has 1 aliphatic heterocycles. The van der Waals surface area contributed by atoms with E-state index in [0.717, 1.165) is 31.0 Å². The number of thioether (sulfide) groups is 1. The molecule has 0 N–H and O–H groups in total. The van der Waals surface area contributed by atoms with E-state index in [2.05, 4.69) is 30.8 Å².